The van der Waals surface area contributed by atoms with Crippen LogP contribution in [0.2, 0.25) is 0 Å². The molecule has 0 saturated carbocycles. The third kappa shape index (κ3) is 1.23. The molecule has 3 N–H and O–H groups in total. The summed E-state index contributed by atoms with van der Waals surface area (Å²) in [6.45, 7) is 1.33. The van der Waals surface area contributed by atoms with Crippen molar-refractivity contribution in [3.05, 3.63) is 17.0 Å². The smallest absolute Gasteiger partial charge is 0.261 e. The van der Waals surface area contributed by atoms with Crippen LogP contribution in [0.3, 0.4) is 0 Å². The zero-order valence-corrected chi connectivity index (χ0v) is 7.98. The number of nitrogens with two attached hydrogens (primary N) is 1. The fraction of sp³-hybridized carbons (Fsp3) is 0.667. The van der Waals surface area contributed by atoms with Gasteiger partial charge in [0.15, 0.2) is 0 Å². The molecule has 5 heteroatoms. The number of fused-ring (bicyclic) bond motifs is 1. The summed E-state index contributed by atoms with van der Waals surface area (Å²) in [7, 11) is 0. The van der Waals surface area contributed by atoms with E-state index in [4.69, 9.17) is 5.73 Å². The summed E-state index contributed by atoms with van der Waals surface area (Å²) >= 11 is 0. The molecule has 0 bridgehead atoms. The normalized spacial score (nSPS) is 19.8. The fourth-order valence-corrected chi connectivity index (χ4v) is 1.87. The van der Waals surface area contributed by atoms with Gasteiger partial charge in [-0.25, -0.2) is 8.78 Å². The van der Waals surface area contributed by atoms with Gasteiger partial charge in [0.05, 0.1) is 5.69 Å². The van der Waals surface area contributed by atoms with E-state index in [1.807, 2.05) is 0 Å². The number of nitrogens with one attached hydrogen (secondary N) is 1. The molecule has 0 spiro atoms. The minimum atomic E-state index is -2.59. The van der Waals surface area contributed by atoms with E-state index in [0.29, 0.717) is 5.69 Å². The zero-order valence-electron chi connectivity index (χ0n) is 7.98. The van der Waals surface area contributed by atoms with Crippen LogP contribution in [-0.4, -0.2) is 16.6 Å². The van der Waals surface area contributed by atoms with E-state index in [0.717, 1.165) is 30.5 Å². The molecule has 0 amide bonds. The number of aryl methyl sites for hydroxylation is 1. The summed E-state index contributed by atoms with van der Waals surface area (Å²) in [5.41, 5.74) is 6.14. The minimum absolute atomic E-state index is 0.333. The molecule has 0 fully saturated rings. The van der Waals surface area contributed by atoms with Crippen LogP contribution in [0.1, 0.15) is 30.3 Å². The second kappa shape index (κ2) is 3.02. The quantitative estimate of drug-likeness (QED) is 0.758. The highest BCUT2D eigenvalue weighted by Gasteiger charge is 2.38. The highest BCUT2D eigenvalue weighted by Crippen LogP contribution is 2.32. The SMILES string of the molecule is CC(N)(c1n[nH]c2c1CCC2)C(F)F. The second-order valence-corrected chi connectivity index (χ2v) is 3.97. The Morgan fingerprint density at radius 2 is 2.21 bits per heavy atom. The zero-order chi connectivity index (χ0) is 10.3. The van der Waals surface area contributed by atoms with E-state index in [2.05, 4.69) is 10.2 Å². The maximum Gasteiger partial charge on any atom is 0.261 e. The van der Waals surface area contributed by atoms with Gasteiger partial charge < -0.3 is 5.73 Å². The summed E-state index contributed by atoms with van der Waals surface area (Å²) in [6, 6.07) is 0. The van der Waals surface area contributed by atoms with E-state index in [-0.39, 0.29) is 0 Å². The highest BCUT2D eigenvalue weighted by molar-refractivity contribution is 5.34. The Balaban J connectivity index is 2.42. The van der Waals surface area contributed by atoms with Crippen LogP contribution in [0.4, 0.5) is 8.78 Å². The fourth-order valence-electron chi connectivity index (χ4n) is 1.87. The molecule has 0 aliphatic heterocycles. The first-order valence-electron chi connectivity index (χ1n) is 4.67. The van der Waals surface area contributed by atoms with Gasteiger partial charge in [0.2, 0.25) is 0 Å². The number of H-pyrrole nitrogens is 1. The summed E-state index contributed by atoms with van der Waals surface area (Å²) in [5, 5.41) is 6.68. The van der Waals surface area contributed by atoms with Crippen molar-refractivity contribution < 1.29 is 8.78 Å². The maximum atomic E-state index is 12.7. The van der Waals surface area contributed by atoms with E-state index in [9.17, 15) is 8.78 Å². The van der Waals surface area contributed by atoms with Crippen molar-refractivity contribution in [1.82, 2.24) is 10.2 Å². The maximum absolute atomic E-state index is 12.7. The molecule has 0 aromatic carbocycles. The minimum Gasteiger partial charge on any atom is -0.316 e. The Kier molecular flexibility index (Phi) is 2.06. The molecule has 0 radical (unpaired) electrons. The number of hydrogen-bond donors (Lipinski definition) is 2. The van der Waals surface area contributed by atoms with Gasteiger partial charge in [-0.05, 0) is 31.7 Å². The number of rotatable bonds is 2. The number of hydrogen-bond acceptors (Lipinski definition) is 2. The number of alkyl halides is 2. The van der Waals surface area contributed by atoms with Gasteiger partial charge in [0.1, 0.15) is 5.54 Å². The number of aromatic amines is 1. The topological polar surface area (TPSA) is 54.7 Å². The van der Waals surface area contributed by atoms with Crippen molar-refractivity contribution in [3.63, 3.8) is 0 Å². The first-order valence-corrected chi connectivity index (χ1v) is 4.67. The van der Waals surface area contributed by atoms with Gasteiger partial charge in [0.25, 0.3) is 6.43 Å². The Morgan fingerprint density at radius 3 is 2.86 bits per heavy atom. The first-order chi connectivity index (χ1) is 6.53. The van der Waals surface area contributed by atoms with Crippen LogP contribution in [0, 0.1) is 0 Å². The second-order valence-electron chi connectivity index (χ2n) is 3.97. The lowest BCUT2D eigenvalue weighted by Gasteiger charge is -2.22. The van der Waals surface area contributed by atoms with E-state index in [1.54, 1.807) is 0 Å². The molecule has 14 heavy (non-hydrogen) atoms. The Morgan fingerprint density at radius 1 is 1.50 bits per heavy atom. The third-order valence-electron chi connectivity index (χ3n) is 2.77. The van der Waals surface area contributed by atoms with Crippen LogP contribution in [0.15, 0.2) is 0 Å². The lowest BCUT2D eigenvalue weighted by Crippen LogP contribution is -2.41. The average Bonchev–Trinajstić information content (AvgIpc) is 2.61. The molecule has 1 aliphatic rings. The van der Waals surface area contributed by atoms with Crippen molar-refractivity contribution in [3.8, 4) is 0 Å². The standard InChI is InChI=1S/C9H13F2N3/c1-9(12,8(10)11)7-5-3-2-4-6(5)13-14-7/h8H,2-4,12H2,1H3,(H,13,14). The molecule has 1 atom stereocenters. The van der Waals surface area contributed by atoms with Crippen molar-refractivity contribution in [1.29, 1.82) is 0 Å². The lowest BCUT2D eigenvalue weighted by molar-refractivity contribution is 0.0597. The molecule has 1 unspecified atom stereocenters. The molecule has 1 aliphatic carbocycles. The predicted octanol–water partition coefficient (Wildman–Crippen LogP) is 1.34. The monoisotopic (exact) mass is 201 g/mol. The molecule has 78 valence electrons. The molecular formula is C9H13F2N3. The van der Waals surface area contributed by atoms with Gasteiger partial charge in [-0.1, -0.05) is 0 Å². The van der Waals surface area contributed by atoms with Gasteiger partial charge in [0, 0.05) is 5.69 Å². The van der Waals surface area contributed by atoms with E-state index >= 15 is 0 Å². The molecule has 1 heterocycles. The summed E-state index contributed by atoms with van der Waals surface area (Å²) in [5.74, 6) is 0. The lowest BCUT2D eigenvalue weighted by atomic mass is 9.95. The van der Waals surface area contributed by atoms with Gasteiger partial charge in [-0.15, -0.1) is 0 Å². The summed E-state index contributed by atoms with van der Waals surface area (Å²) in [6.07, 6.45) is 0.105. The average molecular weight is 201 g/mol. The van der Waals surface area contributed by atoms with Gasteiger partial charge in [-0.3, -0.25) is 5.10 Å². The van der Waals surface area contributed by atoms with E-state index in [1.165, 1.54) is 6.92 Å². The molecule has 0 saturated heterocycles. The highest BCUT2D eigenvalue weighted by atomic mass is 19.3. The molecular weight excluding hydrogens is 188 g/mol. The first kappa shape index (κ1) is 9.58. The molecule has 3 nitrogen and oxygen atoms in total. The van der Waals surface area contributed by atoms with Crippen molar-refractivity contribution >= 4 is 0 Å². The Hall–Kier alpha value is -0.970. The van der Waals surface area contributed by atoms with Crippen LogP contribution in [0.25, 0.3) is 0 Å². The van der Waals surface area contributed by atoms with Crippen LogP contribution in [0.5, 0.6) is 0 Å². The number of nitrogens with zero attached hydrogens (tertiary/aromatic N) is 1. The van der Waals surface area contributed by atoms with Gasteiger partial charge in [-0.2, -0.15) is 5.10 Å². The van der Waals surface area contributed by atoms with Crippen LogP contribution in [-0.2, 0) is 18.4 Å². The summed E-state index contributed by atoms with van der Waals surface area (Å²) < 4.78 is 25.3. The molecule has 2 rings (SSSR count). The predicted molar refractivity (Wildman–Crippen MR) is 48.2 cm³/mol. The summed E-state index contributed by atoms with van der Waals surface area (Å²) in [4.78, 5) is 0. The van der Waals surface area contributed by atoms with Gasteiger partial charge >= 0.3 is 0 Å². The largest absolute Gasteiger partial charge is 0.316 e. The van der Waals surface area contributed by atoms with Crippen molar-refractivity contribution in [2.75, 3.05) is 0 Å². The molecule has 1 aromatic heterocycles. The Labute approximate surface area is 80.7 Å². The number of halogens is 2. The van der Waals surface area contributed by atoms with Crippen molar-refractivity contribution in [2.45, 2.75) is 38.2 Å². The Bertz CT molecular complexity index is 344. The third-order valence-corrected chi connectivity index (χ3v) is 2.77. The van der Waals surface area contributed by atoms with Crippen LogP contribution < -0.4 is 5.73 Å². The molecule has 1 aromatic rings. The van der Waals surface area contributed by atoms with E-state index < -0.39 is 12.0 Å². The number of aromatic nitrogens is 2. The van der Waals surface area contributed by atoms with Crippen LogP contribution >= 0.6 is 0 Å². The van der Waals surface area contributed by atoms with Crippen molar-refractivity contribution in [2.24, 2.45) is 5.73 Å².